The molecule has 3 aromatic heterocycles. The summed E-state index contributed by atoms with van der Waals surface area (Å²) in [5.41, 5.74) is 5.89. The average molecular weight is 569 g/mol. The van der Waals surface area contributed by atoms with E-state index in [1.165, 1.54) is 9.54 Å². The summed E-state index contributed by atoms with van der Waals surface area (Å²) in [6.07, 6.45) is 6.47. The maximum atomic E-state index is 13.7. The van der Waals surface area contributed by atoms with E-state index in [2.05, 4.69) is 39.1 Å². The standard InChI is InChI=1S/C32H32N4O4S/c1-22-3-10-28(11-4-22)41(38,39)36-21-30(25-9-12-31(40-2)33-18-25)29-17-26(19-34-32(29)36)24-7-5-23(6-8-24)20-35-15-13-27(37)14-16-35/h3-12,17-19,21,27,37H,13-16,20H2,1-2H3. The third-order valence-electron chi connectivity index (χ3n) is 7.70. The van der Waals surface area contributed by atoms with Crippen LogP contribution in [0.4, 0.5) is 0 Å². The van der Waals surface area contributed by atoms with Crippen LogP contribution in [0.1, 0.15) is 24.0 Å². The number of aliphatic hydroxyl groups is 1. The molecule has 0 bridgehead atoms. The molecule has 0 unspecified atom stereocenters. The monoisotopic (exact) mass is 568 g/mol. The highest BCUT2D eigenvalue weighted by molar-refractivity contribution is 7.90. The first-order valence-electron chi connectivity index (χ1n) is 13.7. The molecule has 41 heavy (non-hydrogen) atoms. The summed E-state index contributed by atoms with van der Waals surface area (Å²) in [5.74, 6) is 0.476. The van der Waals surface area contributed by atoms with Gasteiger partial charge in [-0.2, -0.15) is 0 Å². The van der Waals surface area contributed by atoms with Crippen molar-refractivity contribution in [3.8, 4) is 28.1 Å². The lowest BCUT2D eigenvalue weighted by Gasteiger charge is -2.29. The van der Waals surface area contributed by atoms with E-state index in [1.807, 2.05) is 19.1 Å². The van der Waals surface area contributed by atoms with Crippen molar-refractivity contribution >= 4 is 21.1 Å². The van der Waals surface area contributed by atoms with Gasteiger partial charge in [0.15, 0.2) is 5.65 Å². The van der Waals surface area contributed by atoms with E-state index in [0.29, 0.717) is 22.5 Å². The van der Waals surface area contributed by atoms with Crippen molar-refractivity contribution in [3.05, 3.63) is 96.4 Å². The summed E-state index contributed by atoms with van der Waals surface area (Å²) >= 11 is 0. The molecule has 1 N–H and O–H groups in total. The molecule has 6 rings (SSSR count). The van der Waals surface area contributed by atoms with Crippen LogP contribution in [0.25, 0.3) is 33.3 Å². The number of hydrogen-bond donors (Lipinski definition) is 1. The van der Waals surface area contributed by atoms with Crippen LogP contribution >= 0.6 is 0 Å². The first-order chi connectivity index (χ1) is 19.8. The normalized spacial score (nSPS) is 14.9. The molecule has 1 aliphatic heterocycles. The van der Waals surface area contributed by atoms with Crippen LogP contribution in [-0.2, 0) is 16.6 Å². The summed E-state index contributed by atoms with van der Waals surface area (Å²) in [6.45, 7) is 4.56. The SMILES string of the molecule is COc1ccc(-c2cn(S(=O)(=O)c3ccc(C)cc3)c3ncc(-c4ccc(CN5CCC(O)CC5)cc4)cc23)cn1. The Bertz CT molecular complexity index is 1770. The van der Waals surface area contributed by atoms with Gasteiger partial charge in [-0.1, -0.05) is 42.0 Å². The van der Waals surface area contributed by atoms with Crippen LogP contribution in [0.15, 0.2) is 90.2 Å². The molecule has 4 heterocycles. The Morgan fingerprint density at radius 3 is 2.24 bits per heavy atom. The quantitative estimate of drug-likeness (QED) is 0.285. The van der Waals surface area contributed by atoms with Crippen molar-refractivity contribution in [2.24, 2.45) is 0 Å². The number of benzene rings is 2. The van der Waals surface area contributed by atoms with Crippen LogP contribution in [-0.4, -0.2) is 58.7 Å². The van der Waals surface area contributed by atoms with E-state index in [-0.39, 0.29) is 11.0 Å². The molecule has 0 radical (unpaired) electrons. The minimum absolute atomic E-state index is 0.184. The zero-order valence-corrected chi connectivity index (χ0v) is 23.9. The van der Waals surface area contributed by atoms with Gasteiger partial charge in [-0.05, 0) is 55.2 Å². The molecule has 1 saturated heterocycles. The lowest BCUT2D eigenvalue weighted by molar-refractivity contribution is 0.0792. The molecule has 0 spiro atoms. The number of aromatic nitrogens is 3. The van der Waals surface area contributed by atoms with Crippen molar-refractivity contribution in [1.29, 1.82) is 0 Å². The molecule has 0 atom stereocenters. The van der Waals surface area contributed by atoms with Crippen LogP contribution < -0.4 is 4.74 Å². The number of nitrogens with zero attached hydrogens (tertiary/aromatic N) is 4. The highest BCUT2D eigenvalue weighted by atomic mass is 32.2. The number of rotatable bonds is 7. The fourth-order valence-corrected chi connectivity index (χ4v) is 6.60. The van der Waals surface area contributed by atoms with E-state index < -0.39 is 10.0 Å². The Morgan fingerprint density at radius 2 is 1.59 bits per heavy atom. The Morgan fingerprint density at radius 1 is 0.902 bits per heavy atom. The number of piperidine rings is 1. The summed E-state index contributed by atoms with van der Waals surface area (Å²) < 4.78 is 34.0. The van der Waals surface area contributed by atoms with Gasteiger partial charge in [0.25, 0.3) is 10.0 Å². The average Bonchev–Trinajstić information content (AvgIpc) is 3.39. The Balaban J connectivity index is 1.40. The van der Waals surface area contributed by atoms with E-state index >= 15 is 0 Å². The van der Waals surface area contributed by atoms with Gasteiger partial charge in [0.05, 0.1) is 18.1 Å². The molecule has 0 amide bonds. The molecule has 8 nitrogen and oxygen atoms in total. The number of ether oxygens (including phenoxy) is 1. The summed E-state index contributed by atoms with van der Waals surface area (Å²) in [6, 6.07) is 20.8. The van der Waals surface area contributed by atoms with Gasteiger partial charge in [0.1, 0.15) is 0 Å². The minimum atomic E-state index is -3.89. The van der Waals surface area contributed by atoms with Gasteiger partial charge in [0, 0.05) is 66.4 Å². The summed E-state index contributed by atoms with van der Waals surface area (Å²) in [4.78, 5) is 11.6. The second-order valence-electron chi connectivity index (χ2n) is 10.5. The molecule has 1 aliphatic rings. The largest absolute Gasteiger partial charge is 0.481 e. The van der Waals surface area contributed by atoms with Crippen molar-refractivity contribution < 1.29 is 18.3 Å². The van der Waals surface area contributed by atoms with Crippen molar-refractivity contribution in [2.75, 3.05) is 20.2 Å². The molecule has 2 aromatic carbocycles. The highest BCUT2D eigenvalue weighted by Gasteiger charge is 2.24. The highest BCUT2D eigenvalue weighted by Crippen LogP contribution is 2.35. The van der Waals surface area contributed by atoms with Gasteiger partial charge in [-0.25, -0.2) is 22.4 Å². The fourth-order valence-electron chi connectivity index (χ4n) is 5.27. The fraction of sp³-hybridized carbons (Fsp3) is 0.250. The molecule has 0 saturated carbocycles. The van der Waals surface area contributed by atoms with Gasteiger partial charge in [0.2, 0.25) is 5.88 Å². The predicted octanol–water partition coefficient (Wildman–Crippen LogP) is 5.28. The van der Waals surface area contributed by atoms with Crippen molar-refractivity contribution in [1.82, 2.24) is 18.8 Å². The molecule has 0 aliphatic carbocycles. The smallest absolute Gasteiger partial charge is 0.269 e. The second kappa shape index (κ2) is 11.1. The Labute approximate surface area is 239 Å². The zero-order chi connectivity index (χ0) is 28.6. The van der Waals surface area contributed by atoms with Crippen molar-refractivity contribution in [3.63, 3.8) is 0 Å². The summed E-state index contributed by atoms with van der Waals surface area (Å²) in [5, 5.41) is 10.5. The number of aryl methyl sites for hydroxylation is 1. The lowest BCUT2D eigenvalue weighted by Crippen LogP contribution is -2.35. The molecule has 210 valence electrons. The van der Waals surface area contributed by atoms with Crippen molar-refractivity contribution in [2.45, 2.75) is 37.3 Å². The van der Waals surface area contributed by atoms with E-state index in [1.54, 1.807) is 56.0 Å². The van der Waals surface area contributed by atoms with E-state index in [9.17, 15) is 13.5 Å². The maximum absolute atomic E-state index is 13.7. The second-order valence-corrected chi connectivity index (χ2v) is 12.4. The zero-order valence-electron chi connectivity index (χ0n) is 23.1. The van der Waals surface area contributed by atoms with E-state index in [4.69, 9.17) is 4.74 Å². The third-order valence-corrected chi connectivity index (χ3v) is 9.36. The minimum Gasteiger partial charge on any atom is -0.481 e. The number of methoxy groups -OCH3 is 1. The first kappa shape index (κ1) is 27.1. The third kappa shape index (κ3) is 5.48. The van der Waals surface area contributed by atoms with Gasteiger partial charge >= 0.3 is 0 Å². The van der Waals surface area contributed by atoms with Gasteiger partial charge < -0.3 is 9.84 Å². The lowest BCUT2D eigenvalue weighted by atomic mass is 10.0. The van der Waals surface area contributed by atoms with Crippen LogP contribution in [0, 0.1) is 6.92 Å². The maximum Gasteiger partial charge on any atom is 0.269 e. The number of hydrogen-bond acceptors (Lipinski definition) is 7. The predicted molar refractivity (Wildman–Crippen MR) is 159 cm³/mol. The first-order valence-corrected chi connectivity index (χ1v) is 15.1. The Hall–Kier alpha value is -4.05. The topological polar surface area (TPSA) is 97.5 Å². The Kier molecular flexibility index (Phi) is 7.33. The number of pyridine rings is 2. The molecule has 1 fully saturated rings. The number of likely N-dealkylation sites (tertiary alicyclic amines) is 1. The number of fused-ring (bicyclic) bond motifs is 1. The van der Waals surface area contributed by atoms with Crippen LogP contribution in [0.3, 0.4) is 0 Å². The van der Waals surface area contributed by atoms with Crippen LogP contribution in [0.2, 0.25) is 0 Å². The molecule has 9 heteroatoms. The van der Waals surface area contributed by atoms with Crippen LogP contribution in [0.5, 0.6) is 5.88 Å². The number of aliphatic hydroxyl groups excluding tert-OH is 1. The molecular weight excluding hydrogens is 536 g/mol. The van der Waals surface area contributed by atoms with Gasteiger partial charge in [-0.3, -0.25) is 4.90 Å². The molecular formula is C32H32N4O4S. The summed E-state index contributed by atoms with van der Waals surface area (Å²) in [7, 11) is -2.34. The van der Waals surface area contributed by atoms with Gasteiger partial charge in [-0.15, -0.1) is 0 Å². The molecule has 5 aromatic rings. The van der Waals surface area contributed by atoms with E-state index in [0.717, 1.165) is 54.7 Å².